The van der Waals surface area contributed by atoms with Crippen LogP contribution in [0.15, 0.2) is 65.8 Å². The molecule has 2 aromatic heterocycles. The van der Waals surface area contributed by atoms with Crippen LogP contribution in [0.2, 0.25) is 0 Å². The second-order valence-electron chi connectivity index (χ2n) is 5.67. The summed E-state index contributed by atoms with van der Waals surface area (Å²) >= 11 is 0. The molecule has 1 amide bonds. The fraction of sp³-hybridized carbons (Fsp3) is 0.158. The van der Waals surface area contributed by atoms with Crippen LogP contribution in [0.3, 0.4) is 0 Å². The van der Waals surface area contributed by atoms with Gasteiger partial charge in [0.1, 0.15) is 5.76 Å². The minimum atomic E-state index is -0.0929. The van der Waals surface area contributed by atoms with Gasteiger partial charge in [0.2, 0.25) is 0 Å². The Bertz CT molecular complexity index is 884. The number of rotatable bonds is 4. The summed E-state index contributed by atoms with van der Waals surface area (Å²) in [4.78, 5) is 19.4. The first-order chi connectivity index (χ1) is 11.3. The first kappa shape index (κ1) is 13.8. The molecule has 114 valence electrons. The Hall–Kier alpha value is -2.88. The van der Waals surface area contributed by atoms with Gasteiger partial charge in [-0.3, -0.25) is 4.79 Å². The predicted molar refractivity (Wildman–Crippen MR) is 87.9 cm³/mol. The lowest BCUT2D eigenvalue weighted by Crippen LogP contribution is -2.27. The Morgan fingerprint density at radius 3 is 2.91 bits per heavy atom. The maximum absolute atomic E-state index is 12.9. The highest BCUT2D eigenvalue weighted by atomic mass is 16.3. The third-order valence-electron chi connectivity index (χ3n) is 4.23. The molecular formula is C19H16N2O2. The number of furan rings is 1. The van der Waals surface area contributed by atoms with E-state index in [1.54, 1.807) is 6.26 Å². The van der Waals surface area contributed by atoms with E-state index >= 15 is 0 Å². The summed E-state index contributed by atoms with van der Waals surface area (Å²) < 4.78 is 5.41. The van der Waals surface area contributed by atoms with E-state index < -0.39 is 0 Å². The van der Waals surface area contributed by atoms with Gasteiger partial charge in [-0.15, -0.1) is 6.58 Å². The molecule has 0 radical (unpaired) electrons. The fourth-order valence-electron chi connectivity index (χ4n) is 3.15. The minimum absolute atomic E-state index is 0.00139. The monoisotopic (exact) mass is 304 g/mol. The van der Waals surface area contributed by atoms with Gasteiger partial charge in [-0.25, -0.2) is 4.98 Å². The van der Waals surface area contributed by atoms with Crippen LogP contribution in [0.4, 0.5) is 0 Å². The van der Waals surface area contributed by atoms with E-state index in [2.05, 4.69) is 6.58 Å². The zero-order chi connectivity index (χ0) is 15.8. The van der Waals surface area contributed by atoms with E-state index in [0.29, 0.717) is 18.5 Å². The zero-order valence-corrected chi connectivity index (χ0v) is 12.6. The summed E-state index contributed by atoms with van der Waals surface area (Å²) in [5, 5.41) is 0.983. The highest BCUT2D eigenvalue weighted by Gasteiger charge is 2.37. The normalized spacial score (nSPS) is 16.8. The van der Waals surface area contributed by atoms with Crippen LogP contribution in [0.5, 0.6) is 0 Å². The molecule has 0 saturated heterocycles. The number of nitrogens with zero attached hydrogens (tertiary/aromatic N) is 2. The Labute approximate surface area is 134 Å². The molecule has 4 nitrogen and oxygen atoms in total. The molecule has 0 aliphatic carbocycles. The van der Waals surface area contributed by atoms with Crippen molar-refractivity contribution < 1.29 is 9.21 Å². The molecular weight excluding hydrogens is 288 g/mol. The largest absolute Gasteiger partial charge is 0.467 e. The Morgan fingerprint density at radius 2 is 2.13 bits per heavy atom. The summed E-state index contributed by atoms with van der Waals surface area (Å²) in [6, 6.07) is 13.4. The summed E-state index contributed by atoms with van der Waals surface area (Å²) in [6.45, 7) is 4.27. The smallest absolute Gasteiger partial charge is 0.256 e. The number of hydrogen-bond acceptors (Lipinski definition) is 3. The third-order valence-corrected chi connectivity index (χ3v) is 4.23. The van der Waals surface area contributed by atoms with Crippen molar-refractivity contribution in [2.45, 2.75) is 19.0 Å². The molecule has 1 aliphatic heterocycles. The summed E-state index contributed by atoms with van der Waals surface area (Å²) in [5.74, 6) is 0.770. The fourth-order valence-corrected chi connectivity index (χ4v) is 3.15. The highest BCUT2D eigenvalue weighted by Crippen LogP contribution is 2.37. The Balaban J connectivity index is 1.81. The van der Waals surface area contributed by atoms with Crippen molar-refractivity contribution in [3.05, 3.63) is 78.4 Å². The number of hydrogen-bond donors (Lipinski definition) is 0. The van der Waals surface area contributed by atoms with Crippen LogP contribution in [0.1, 0.15) is 34.3 Å². The van der Waals surface area contributed by atoms with Crippen molar-refractivity contribution in [3.8, 4) is 0 Å². The molecule has 0 spiro atoms. The van der Waals surface area contributed by atoms with Crippen molar-refractivity contribution in [1.29, 1.82) is 0 Å². The van der Waals surface area contributed by atoms with Crippen LogP contribution >= 0.6 is 0 Å². The van der Waals surface area contributed by atoms with Gasteiger partial charge < -0.3 is 9.32 Å². The van der Waals surface area contributed by atoms with Gasteiger partial charge in [-0.1, -0.05) is 24.3 Å². The number of amides is 1. The quantitative estimate of drug-likeness (QED) is 0.682. The van der Waals surface area contributed by atoms with Crippen molar-refractivity contribution in [1.82, 2.24) is 9.88 Å². The van der Waals surface area contributed by atoms with Crippen molar-refractivity contribution in [2.75, 3.05) is 0 Å². The van der Waals surface area contributed by atoms with E-state index in [0.717, 1.165) is 22.4 Å². The molecule has 3 heterocycles. The van der Waals surface area contributed by atoms with Gasteiger partial charge in [0.25, 0.3) is 5.91 Å². The first-order valence-corrected chi connectivity index (χ1v) is 7.62. The molecule has 1 unspecified atom stereocenters. The average molecular weight is 304 g/mol. The van der Waals surface area contributed by atoms with E-state index in [9.17, 15) is 4.79 Å². The van der Waals surface area contributed by atoms with Gasteiger partial charge in [0.05, 0.1) is 35.6 Å². The molecule has 1 atom stereocenters. The molecule has 3 aromatic rings. The molecule has 4 heteroatoms. The molecule has 1 aliphatic rings. The molecule has 0 bridgehead atoms. The molecule has 1 aromatic carbocycles. The van der Waals surface area contributed by atoms with Crippen LogP contribution in [-0.4, -0.2) is 15.8 Å². The van der Waals surface area contributed by atoms with Gasteiger partial charge in [0, 0.05) is 5.39 Å². The summed E-state index contributed by atoms with van der Waals surface area (Å²) in [5.41, 5.74) is 2.43. The third kappa shape index (κ3) is 2.23. The van der Waals surface area contributed by atoms with Crippen LogP contribution in [0.25, 0.3) is 10.9 Å². The van der Waals surface area contributed by atoms with E-state index in [1.807, 2.05) is 53.4 Å². The second kappa shape index (κ2) is 5.39. The van der Waals surface area contributed by atoms with Crippen LogP contribution in [-0.2, 0) is 6.54 Å². The number of carbonyl (C=O) groups excluding carboxylic acids is 1. The molecule has 0 N–H and O–H groups in total. The van der Waals surface area contributed by atoms with Crippen molar-refractivity contribution >= 4 is 16.8 Å². The number of fused-ring (bicyclic) bond motifs is 2. The SMILES string of the molecule is C=CCC1c2nc3ccccc3cc2C(=O)N1Cc1ccco1. The van der Waals surface area contributed by atoms with E-state index in [1.165, 1.54) is 0 Å². The number of pyridine rings is 1. The number of para-hydroxylation sites is 1. The Morgan fingerprint density at radius 1 is 1.26 bits per heavy atom. The predicted octanol–water partition coefficient (Wildman–Crippen LogP) is 4.10. The van der Waals surface area contributed by atoms with Crippen LogP contribution in [0, 0.1) is 0 Å². The maximum Gasteiger partial charge on any atom is 0.256 e. The number of aromatic nitrogens is 1. The number of benzene rings is 1. The van der Waals surface area contributed by atoms with Gasteiger partial charge in [-0.05, 0) is 30.7 Å². The maximum atomic E-state index is 12.9. The average Bonchev–Trinajstić information content (AvgIpc) is 3.16. The minimum Gasteiger partial charge on any atom is -0.467 e. The lowest BCUT2D eigenvalue weighted by molar-refractivity contribution is 0.0695. The van der Waals surface area contributed by atoms with Crippen molar-refractivity contribution in [3.63, 3.8) is 0 Å². The molecule has 0 fully saturated rings. The zero-order valence-electron chi connectivity index (χ0n) is 12.6. The van der Waals surface area contributed by atoms with Gasteiger partial charge in [0.15, 0.2) is 0 Å². The summed E-state index contributed by atoms with van der Waals surface area (Å²) in [7, 11) is 0. The summed E-state index contributed by atoms with van der Waals surface area (Å²) in [6.07, 6.45) is 4.13. The second-order valence-corrected chi connectivity index (χ2v) is 5.67. The van der Waals surface area contributed by atoms with Crippen LogP contribution < -0.4 is 0 Å². The first-order valence-electron chi connectivity index (χ1n) is 7.62. The van der Waals surface area contributed by atoms with Gasteiger partial charge in [-0.2, -0.15) is 0 Å². The lowest BCUT2D eigenvalue weighted by atomic mass is 10.1. The van der Waals surface area contributed by atoms with E-state index in [-0.39, 0.29) is 11.9 Å². The standard InChI is InChI=1S/C19H16N2O2/c1-2-6-17-18-15(11-13-7-3-4-9-16(13)20-18)19(22)21(17)12-14-8-5-10-23-14/h2-5,7-11,17H,1,6,12H2. The number of carbonyl (C=O) groups is 1. The van der Waals surface area contributed by atoms with Crippen molar-refractivity contribution in [2.24, 2.45) is 0 Å². The van der Waals surface area contributed by atoms with E-state index in [4.69, 9.17) is 9.40 Å². The molecule has 0 saturated carbocycles. The topological polar surface area (TPSA) is 46.3 Å². The molecule has 23 heavy (non-hydrogen) atoms. The van der Waals surface area contributed by atoms with Gasteiger partial charge >= 0.3 is 0 Å². The lowest BCUT2D eigenvalue weighted by Gasteiger charge is -2.22. The molecule has 4 rings (SSSR count). The highest BCUT2D eigenvalue weighted by molar-refractivity contribution is 6.01. The Kier molecular flexibility index (Phi) is 3.23.